The maximum atomic E-state index is 14.8. The molecule has 0 bridgehead atoms. The largest absolute Gasteiger partial charge is 1.00 e. The van der Waals surface area contributed by atoms with Gasteiger partial charge in [-0.2, -0.15) is 42.1 Å². The van der Waals surface area contributed by atoms with Crippen LogP contribution in [0, 0.1) is 34.0 Å². The van der Waals surface area contributed by atoms with Crippen LogP contribution >= 0.6 is 83.1 Å². The summed E-state index contributed by atoms with van der Waals surface area (Å²) < 4.78 is 101. The first-order valence-corrected chi connectivity index (χ1v) is 34.7. The Kier molecular flexibility index (Phi) is 34.7. The Morgan fingerprint density at radius 2 is 0.774 bits per heavy atom. The molecule has 9 aromatic rings. The van der Waals surface area contributed by atoms with Gasteiger partial charge in [0.05, 0.1) is 90.3 Å². The minimum atomic E-state index is -4.02. The number of fused-ring (bicyclic) bond motifs is 3. The zero-order chi connectivity index (χ0) is 76.6. The number of nitrogens with one attached hydrogen (secondary N) is 3. The van der Waals surface area contributed by atoms with Crippen molar-refractivity contribution in [2.45, 2.75) is 70.8 Å². The van der Waals surface area contributed by atoms with Gasteiger partial charge >= 0.3 is 58.5 Å². The van der Waals surface area contributed by atoms with Gasteiger partial charge in [0.2, 0.25) is 29.3 Å². The van der Waals surface area contributed by atoms with Crippen molar-refractivity contribution in [3.05, 3.63) is 158 Å². The van der Waals surface area contributed by atoms with Crippen molar-refractivity contribution in [3.63, 3.8) is 0 Å². The van der Waals surface area contributed by atoms with Crippen LogP contribution in [-0.2, 0) is 52.6 Å². The summed E-state index contributed by atoms with van der Waals surface area (Å²) in [6.07, 6.45) is 1.39. The summed E-state index contributed by atoms with van der Waals surface area (Å²) in [5.41, 5.74) is 7.73. The van der Waals surface area contributed by atoms with E-state index in [1.165, 1.54) is 32.3 Å². The topological polar surface area (TPSA) is 429 Å². The molecule has 0 aliphatic heterocycles. The molecule has 0 spiro atoms. The molecule has 550 valence electrons. The number of hydrogen-bond donors (Lipinski definition) is 6. The molecule has 0 fully saturated rings. The number of ether oxygens (including phenoxy) is 2. The van der Waals surface area contributed by atoms with Gasteiger partial charge in [0.15, 0.2) is 15.5 Å². The van der Waals surface area contributed by atoms with Crippen LogP contribution in [0.5, 0.6) is 0 Å². The molecule has 27 nitrogen and oxygen atoms in total. The molecule has 6 aromatic carbocycles. The van der Waals surface area contributed by atoms with Crippen LogP contribution < -0.4 is 40.5 Å². The number of esters is 2. The number of ketones is 2. The van der Waals surface area contributed by atoms with Crippen molar-refractivity contribution in [2.75, 3.05) is 39.4 Å². The second-order valence-corrected chi connectivity index (χ2v) is 26.2. The second-order valence-electron chi connectivity index (χ2n) is 20.5. The number of amides is 3. The van der Waals surface area contributed by atoms with E-state index >= 15 is 0 Å². The van der Waals surface area contributed by atoms with Crippen molar-refractivity contribution in [1.82, 2.24) is 44.6 Å². The van der Waals surface area contributed by atoms with E-state index in [9.17, 15) is 85.3 Å². The van der Waals surface area contributed by atoms with Gasteiger partial charge in [0.25, 0.3) is 0 Å². The Bertz CT molecular complexity index is 4880. The molecule has 40 heteroatoms. The minimum Gasteiger partial charge on any atom is -0.870 e. The molecule has 0 saturated carbocycles. The van der Waals surface area contributed by atoms with Crippen LogP contribution in [0.1, 0.15) is 56.2 Å². The van der Waals surface area contributed by atoms with Crippen molar-refractivity contribution >= 4 is 169 Å². The first kappa shape index (κ1) is 88.8. The number of imidazole rings is 3. The van der Waals surface area contributed by atoms with Gasteiger partial charge < -0.3 is 46.8 Å². The van der Waals surface area contributed by atoms with E-state index in [-0.39, 0.29) is 101 Å². The zero-order valence-corrected chi connectivity index (χ0v) is 62.5. The maximum Gasteiger partial charge on any atom is 1.00 e. The third-order valence-electron chi connectivity index (χ3n) is 13.7. The van der Waals surface area contributed by atoms with E-state index in [0.29, 0.717) is 86.5 Å². The SMILES string of the molecule is CCOC(=O)CNC(=O)CCC(=O)C(F)(F)Sc1ncc(Br)n1-c1ccc(C#N)c2ccccc12.CCOC(=O)CNC(=O)CN.N#Cc1ccc(-n2c(Br)cnc2SC(F)(F)C(=O)CCC(=O)NCC(=O)O)c2ccccc12.N#Cc1ccc(-n2c(Br)cnc2SC(F)(F)C(=O)O)c2ccccc12.[Li+].[OH-]. The van der Waals surface area contributed by atoms with E-state index in [1.54, 1.807) is 123 Å². The second kappa shape index (κ2) is 41.4. The molecule has 0 radical (unpaired) electrons. The number of carboxylic acid groups (broad SMARTS) is 2. The van der Waals surface area contributed by atoms with Crippen molar-refractivity contribution in [2.24, 2.45) is 5.73 Å². The molecule has 106 heavy (non-hydrogen) atoms. The van der Waals surface area contributed by atoms with E-state index < -0.39 is 102 Å². The predicted octanol–water partition coefficient (Wildman–Crippen LogP) is 8.15. The number of carbonyl (C=O) groups excluding carboxylic acids is 7. The van der Waals surface area contributed by atoms with E-state index in [4.69, 9.17) is 15.9 Å². The number of nitrogens with two attached hydrogens (primary N) is 1. The van der Waals surface area contributed by atoms with E-state index in [1.807, 2.05) is 5.32 Å². The van der Waals surface area contributed by atoms with Crippen LogP contribution in [0.4, 0.5) is 26.3 Å². The fourth-order valence-corrected chi connectivity index (χ4v) is 13.1. The van der Waals surface area contributed by atoms with Gasteiger partial charge in [-0.15, -0.1) is 0 Å². The number of carboxylic acids is 2. The van der Waals surface area contributed by atoms with Gasteiger partial charge in [0, 0.05) is 58.0 Å². The quantitative estimate of drug-likeness (QED) is 0.0122. The van der Waals surface area contributed by atoms with Crippen molar-refractivity contribution in [1.29, 1.82) is 15.8 Å². The third-order valence-corrected chi connectivity index (χ3v) is 18.1. The number of hydrogen-bond acceptors (Lipinski definition) is 22. The number of nitrogens with zero attached hydrogens (tertiary/aromatic N) is 9. The van der Waals surface area contributed by atoms with Gasteiger partial charge in [-0.3, -0.25) is 52.1 Å². The number of carbonyl (C=O) groups is 9. The number of rotatable bonds is 27. The summed E-state index contributed by atoms with van der Waals surface area (Å²) in [4.78, 5) is 113. The molecule has 0 unspecified atom stereocenters. The molecule has 3 heterocycles. The van der Waals surface area contributed by atoms with Gasteiger partial charge in [-0.1, -0.05) is 72.8 Å². The first-order chi connectivity index (χ1) is 49.4. The number of benzene rings is 6. The molecule has 0 aliphatic rings. The molecular formula is C66H55Br3F6LiN13O14S3. The third kappa shape index (κ3) is 24.0. The van der Waals surface area contributed by atoms with Crippen LogP contribution in [0.15, 0.2) is 157 Å². The minimum absolute atomic E-state index is 0. The molecule has 9 rings (SSSR count). The van der Waals surface area contributed by atoms with Gasteiger partial charge in [0.1, 0.15) is 33.4 Å². The van der Waals surface area contributed by atoms with E-state index in [0.717, 1.165) is 0 Å². The number of aliphatic carboxylic acids is 2. The summed E-state index contributed by atoms with van der Waals surface area (Å²) in [5, 5.41) is 43.2. The summed E-state index contributed by atoms with van der Waals surface area (Å²) in [5.74, 6) is -9.50. The fraction of sp³-hybridized carbons (Fsp3) is 0.227. The van der Waals surface area contributed by atoms with Gasteiger partial charge in [-0.25, -0.2) is 19.7 Å². The average molecular weight is 1710 g/mol. The molecule has 0 saturated heterocycles. The molecular weight excluding hydrogens is 1660 g/mol. The van der Waals surface area contributed by atoms with Crippen LogP contribution in [0.25, 0.3) is 49.4 Å². The number of alkyl halides is 6. The standard InChI is InChI=1S/C23H19BrF2N4O4S.C21H15BrF2N4O4S.C16H8BrF2N3O2S.C6H12N2O3.Li.H2O/c1-2-34-21(33)13-28-20(32)10-9-18(31)23(25,26)35-22-29-12-19(24)30(22)17-8-7-14(11-27)15-5-3-4-6-16(15)17;22-17-10-27-20(33-21(23,24)16(29)7-8-18(30)26-11-19(31)32)28(17)15-6-5-12(9-25)13-3-1-2-4-14(13)15;17-13-8-21-15(25-16(18,19)14(23)24)22(13)12-6-5-9(7-20)10-3-1-2-4-11(10)12;1-2-11-6(10)4-8-5(9)3-7;;/h3-8,12H,2,9-10,13H2,1H3,(H,28,32);1-6,10H,7-8,11H2,(H,26,30)(H,31,32);1-6,8H,(H,23,24);2-4,7H2,1H3,(H,8,9);;1H2/q;;;;+1;/p-1. The Morgan fingerprint density at radius 1 is 0.481 bits per heavy atom. The monoisotopic (exact) mass is 1710 g/mol. The number of thioether (sulfide) groups is 3. The number of halogens is 9. The summed E-state index contributed by atoms with van der Waals surface area (Å²) >= 11 is 9.58. The Labute approximate surface area is 647 Å². The molecule has 8 N–H and O–H groups in total. The number of Topliss-reactive ketones (excluding diaryl/α,β-unsaturated/α-hetero) is 2. The fourth-order valence-electron chi connectivity index (χ4n) is 8.98. The summed E-state index contributed by atoms with van der Waals surface area (Å²) in [6, 6.07) is 36.9. The predicted molar refractivity (Wildman–Crippen MR) is 380 cm³/mol. The molecule has 0 aliphatic carbocycles. The van der Waals surface area contributed by atoms with Crippen LogP contribution in [0.2, 0.25) is 0 Å². The van der Waals surface area contributed by atoms with Crippen molar-refractivity contribution < 1.29 is 114 Å². The number of nitriles is 3. The molecule has 3 aromatic heterocycles. The van der Waals surface area contributed by atoms with Crippen LogP contribution in [-0.4, -0.2) is 153 Å². The van der Waals surface area contributed by atoms with Crippen LogP contribution in [0.3, 0.4) is 0 Å². The Hall–Kier alpha value is -9.58. The average Bonchev–Trinajstić information content (AvgIpc) is 1.46. The normalized spacial score (nSPS) is 10.8. The summed E-state index contributed by atoms with van der Waals surface area (Å²) in [7, 11) is 0. The molecule has 3 amide bonds. The van der Waals surface area contributed by atoms with E-state index in [2.05, 4.69) is 101 Å². The first-order valence-electron chi connectivity index (χ1n) is 29.9. The maximum absolute atomic E-state index is 14.8. The Morgan fingerprint density at radius 3 is 1.06 bits per heavy atom. The molecule has 0 atom stereocenters. The summed E-state index contributed by atoms with van der Waals surface area (Å²) in [6.45, 7) is 2.47. The van der Waals surface area contributed by atoms with Crippen molar-refractivity contribution in [3.8, 4) is 35.3 Å². The van der Waals surface area contributed by atoms with Gasteiger partial charge in [-0.05, 0) is 133 Å². The number of aromatic nitrogens is 6. The Balaban J connectivity index is 0.000000314. The zero-order valence-electron chi connectivity index (χ0n) is 55.3. The smallest absolute Gasteiger partial charge is 0.870 e.